The van der Waals surface area contributed by atoms with Gasteiger partial charge in [-0.15, -0.1) is 0 Å². The number of ether oxygens (including phenoxy) is 2. The summed E-state index contributed by atoms with van der Waals surface area (Å²) in [5, 5.41) is 3.01. The van der Waals surface area contributed by atoms with Gasteiger partial charge in [-0.2, -0.15) is 0 Å². The van der Waals surface area contributed by atoms with E-state index in [1.54, 1.807) is 6.07 Å². The molecule has 1 N–H and O–H groups in total. The molecule has 140 valence electrons. The number of amides is 3. The number of carbonyl (C=O) groups excluding carboxylic acids is 3. The number of benzene rings is 1. The predicted octanol–water partition coefficient (Wildman–Crippen LogP) is 2.38. The minimum atomic E-state index is -0.505. The quantitative estimate of drug-likeness (QED) is 0.762. The Morgan fingerprint density at radius 2 is 1.93 bits per heavy atom. The summed E-state index contributed by atoms with van der Waals surface area (Å²) in [5.41, 5.74) is 0.715. The Labute approximate surface area is 160 Å². The molecular formula is C18H16ClN3O5. The summed E-state index contributed by atoms with van der Waals surface area (Å²) < 4.78 is 10.3. The summed E-state index contributed by atoms with van der Waals surface area (Å²) in [7, 11) is 2.90. The van der Waals surface area contributed by atoms with Crippen molar-refractivity contribution < 1.29 is 23.9 Å². The largest absolute Gasteiger partial charge is 0.495 e. The van der Waals surface area contributed by atoms with Crippen LogP contribution in [0.5, 0.6) is 11.5 Å². The van der Waals surface area contributed by atoms with E-state index >= 15 is 0 Å². The highest BCUT2D eigenvalue weighted by atomic mass is 35.5. The third kappa shape index (κ3) is 3.56. The van der Waals surface area contributed by atoms with Crippen LogP contribution in [0.3, 0.4) is 0 Å². The Morgan fingerprint density at radius 3 is 2.59 bits per heavy atom. The van der Waals surface area contributed by atoms with E-state index in [4.69, 9.17) is 21.1 Å². The first-order chi connectivity index (χ1) is 13.0. The van der Waals surface area contributed by atoms with E-state index in [-0.39, 0.29) is 24.2 Å². The zero-order valence-corrected chi connectivity index (χ0v) is 15.4. The molecule has 1 aromatic carbocycles. The van der Waals surface area contributed by atoms with Crippen LogP contribution in [0, 0.1) is 0 Å². The van der Waals surface area contributed by atoms with Gasteiger partial charge >= 0.3 is 0 Å². The summed E-state index contributed by atoms with van der Waals surface area (Å²) in [4.78, 5) is 41.8. The zero-order chi connectivity index (χ0) is 19.6. The summed E-state index contributed by atoms with van der Waals surface area (Å²) in [5.74, 6) is -0.628. The van der Waals surface area contributed by atoms with Crippen molar-refractivity contribution in [2.24, 2.45) is 0 Å². The average molecular weight is 390 g/mol. The Bertz CT molecular complexity index is 896. The monoisotopic (exact) mass is 389 g/mol. The van der Waals surface area contributed by atoms with Crippen LogP contribution in [0.4, 0.5) is 5.69 Å². The first-order valence-corrected chi connectivity index (χ1v) is 8.36. The van der Waals surface area contributed by atoms with E-state index in [1.807, 2.05) is 0 Å². The van der Waals surface area contributed by atoms with Gasteiger partial charge in [-0.1, -0.05) is 11.6 Å². The number of imide groups is 1. The topological polar surface area (TPSA) is 97.8 Å². The Hall–Kier alpha value is -3.13. The van der Waals surface area contributed by atoms with Crippen LogP contribution in [-0.2, 0) is 4.79 Å². The number of pyridine rings is 1. The predicted molar refractivity (Wildman–Crippen MR) is 97.4 cm³/mol. The molecule has 0 radical (unpaired) electrons. The number of rotatable bonds is 6. The minimum Gasteiger partial charge on any atom is -0.495 e. The van der Waals surface area contributed by atoms with E-state index in [0.717, 1.165) is 4.90 Å². The SMILES string of the molecule is COc1cc(NC(=O)CCN2C(=O)c3cccnc3C2=O)c(OC)cc1Cl. The van der Waals surface area contributed by atoms with Gasteiger partial charge in [-0.05, 0) is 12.1 Å². The van der Waals surface area contributed by atoms with Gasteiger partial charge in [0, 0.05) is 31.3 Å². The highest BCUT2D eigenvalue weighted by molar-refractivity contribution is 6.32. The summed E-state index contributed by atoms with van der Waals surface area (Å²) >= 11 is 6.04. The molecule has 0 aliphatic carbocycles. The lowest BCUT2D eigenvalue weighted by Gasteiger charge is -2.15. The number of hydrogen-bond donors (Lipinski definition) is 1. The maximum atomic E-state index is 12.3. The number of fused-ring (bicyclic) bond motifs is 1. The molecule has 8 nitrogen and oxygen atoms in total. The van der Waals surface area contributed by atoms with Crippen LogP contribution in [-0.4, -0.2) is 48.4 Å². The molecule has 3 amide bonds. The molecule has 27 heavy (non-hydrogen) atoms. The fourth-order valence-corrected chi connectivity index (χ4v) is 2.93. The van der Waals surface area contributed by atoms with Gasteiger partial charge in [0.05, 0.1) is 30.5 Å². The van der Waals surface area contributed by atoms with Crippen LogP contribution in [0.2, 0.25) is 5.02 Å². The van der Waals surface area contributed by atoms with Crippen LogP contribution in [0.1, 0.15) is 27.3 Å². The van der Waals surface area contributed by atoms with Crippen LogP contribution in [0.15, 0.2) is 30.5 Å². The molecule has 2 heterocycles. The average Bonchev–Trinajstić information content (AvgIpc) is 2.92. The molecular weight excluding hydrogens is 374 g/mol. The highest BCUT2D eigenvalue weighted by Crippen LogP contribution is 2.35. The fourth-order valence-electron chi connectivity index (χ4n) is 2.70. The van der Waals surface area contributed by atoms with Crippen molar-refractivity contribution in [3.8, 4) is 11.5 Å². The van der Waals surface area contributed by atoms with Crippen molar-refractivity contribution in [1.82, 2.24) is 9.88 Å². The highest BCUT2D eigenvalue weighted by Gasteiger charge is 2.36. The lowest BCUT2D eigenvalue weighted by atomic mass is 10.2. The van der Waals surface area contributed by atoms with E-state index in [1.165, 1.54) is 38.6 Å². The fraction of sp³-hybridized carbons (Fsp3) is 0.222. The molecule has 0 unspecified atom stereocenters. The number of nitrogens with one attached hydrogen (secondary N) is 1. The van der Waals surface area contributed by atoms with Crippen molar-refractivity contribution in [2.45, 2.75) is 6.42 Å². The second kappa shape index (κ2) is 7.63. The zero-order valence-electron chi connectivity index (χ0n) is 14.6. The lowest BCUT2D eigenvalue weighted by molar-refractivity contribution is -0.116. The molecule has 9 heteroatoms. The van der Waals surface area contributed by atoms with Gasteiger partial charge in [0.15, 0.2) is 0 Å². The van der Waals surface area contributed by atoms with Gasteiger partial charge in [-0.25, -0.2) is 0 Å². The Balaban J connectivity index is 1.68. The van der Waals surface area contributed by atoms with Crippen LogP contribution >= 0.6 is 11.6 Å². The normalized spacial score (nSPS) is 12.8. The van der Waals surface area contributed by atoms with Crippen molar-refractivity contribution >= 4 is 35.0 Å². The van der Waals surface area contributed by atoms with Gasteiger partial charge in [0.25, 0.3) is 11.8 Å². The number of aromatic nitrogens is 1. The van der Waals surface area contributed by atoms with Crippen molar-refractivity contribution in [1.29, 1.82) is 0 Å². The van der Waals surface area contributed by atoms with Crippen molar-refractivity contribution in [3.05, 3.63) is 46.7 Å². The molecule has 0 fully saturated rings. The third-order valence-electron chi connectivity index (χ3n) is 4.04. The van der Waals surface area contributed by atoms with E-state index in [0.29, 0.717) is 22.2 Å². The number of halogens is 1. The molecule has 0 spiro atoms. The van der Waals surface area contributed by atoms with Crippen molar-refractivity contribution in [2.75, 3.05) is 26.1 Å². The molecule has 0 saturated heterocycles. The van der Waals surface area contributed by atoms with E-state index in [2.05, 4.69) is 10.3 Å². The second-order valence-corrected chi connectivity index (χ2v) is 6.05. The molecule has 0 atom stereocenters. The van der Waals surface area contributed by atoms with Crippen molar-refractivity contribution in [3.63, 3.8) is 0 Å². The number of hydrogen-bond acceptors (Lipinski definition) is 6. The molecule has 2 aromatic rings. The number of nitrogens with zero attached hydrogens (tertiary/aromatic N) is 2. The molecule has 3 rings (SSSR count). The summed E-state index contributed by atoms with van der Waals surface area (Å²) in [6.07, 6.45) is 1.36. The number of carbonyl (C=O) groups is 3. The minimum absolute atomic E-state index is 0.0626. The standard InChI is InChI=1S/C18H16ClN3O5/c1-26-13-9-12(14(27-2)8-11(13)19)21-15(23)5-7-22-17(24)10-4-3-6-20-16(10)18(22)25/h3-4,6,8-9H,5,7H2,1-2H3,(H,21,23). The van der Waals surface area contributed by atoms with Gasteiger partial charge in [-0.3, -0.25) is 24.3 Å². The first-order valence-electron chi connectivity index (χ1n) is 7.98. The maximum absolute atomic E-state index is 12.3. The van der Waals surface area contributed by atoms with Gasteiger partial charge in [0.1, 0.15) is 17.2 Å². The van der Waals surface area contributed by atoms with Gasteiger partial charge < -0.3 is 14.8 Å². The number of anilines is 1. The molecule has 1 aliphatic heterocycles. The molecule has 1 aliphatic rings. The molecule has 0 saturated carbocycles. The second-order valence-electron chi connectivity index (χ2n) is 5.65. The van der Waals surface area contributed by atoms with E-state index < -0.39 is 17.7 Å². The Kier molecular flexibility index (Phi) is 5.27. The van der Waals surface area contributed by atoms with Crippen LogP contribution < -0.4 is 14.8 Å². The maximum Gasteiger partial charge on any atom is 0.280 e. The molecule has 1 aromatic heterocycles. The first kappa shape index (κ1) is 18.7. The smallest absolute Gasteiger partial charge is 0.280 e. The summed E-state index contributed by atoms with van der Waals surface area (Å²) in [6, 6.07) is 6.17. The lowest BCUT2D eigenvalue weighted by Crippen LogP contribution is -2.33. The summed E-state index contributed by atoms with van der Waals surface area (Å²) in [6.45, 7) is -0.0626. The number of methoxy groups -OCH3 is 2. The third-order valence-corrected chi connectivity index (χ3v) is 4.34. The van der Waals surface area contributed by atoms with Gasteiger partial charge in [0.2, 0.25) is 5.91 Å². The Morgan fingerprint density at radius 1 is 1.19 bits per heavy atom. The van der Waals surface area contributed by atoms with Crippen LogP contribution in [0.25, 0.3) is 0 Å². The molecule has 0 bridgehead atoms. The van der Waals surface area contributed by atoms with E-state index in [9.17, 15) is 14.4 Å².